The monoisotopic (exact) mass is 277 g/mol. The summed E-state index contributed by atoms with van der Waals surface area (Å²) in [7, 11) is -1.04. The number of likely N-dealkylation sites (N-methyl/N-ethyl adjacent to an activating group) is 1. The standard InChI is InChI=1S/C11H23N3O3S/c1-9-8-14(6-5-13(9)2)11(15)10(12)4-7-18(3,16)17/h9-10H,4-8,12H2,1-3H3. The van der Waals surface area contributed by atoms with E-state index in [-0.39, 0.29) is 18.1 Å². The first-order valence-electron chi connectivity index (χ1n) is 6.13. The number of sulfone groups is 1. The van der Waals surface area contributed by atoms with E-state index >= 15 is 0 Å². The zero-order valence-corrected chi connectivity index (χ0v) is 12.1. The molecule has 1 fully saturated rings. The lowest BCUT2D eigenvalue weighted by Crippen LogP contribution is -2.55. The summed E-state index contributed by atoms with van der Waals surface area (Å²) in [5, 5.41) is 0. The number of rotatable bonds is 4. The summed E-state index contributed by atoms with van der Waals surface area (Å²) in [5.41, 5.74) is 5.77. The fourth-order valence-corrected chi connectivity index (χ4v) is 2.63. The van der Waals surface area contributed by atoms with Crippen LogP contribution in [0.15, 0.2) is 0 Å². The van der Waals surface area contributed by atoms with E-state index in [1.54, 1.807) is 4.90 Å². The molecule has 0 saturated carbocycles. The van der Waals surface area contributed by atoms with Crippen molar-refractivity contribution in [3.63, 3.8) is 0 Å². The van der Waals surface area contributed by atoms with Gasteiger partial charge in [-0.25, -0.2) is 8.42 Å². The van der Waals surface area contributed by atoms with Crippen LogP contribution in [0.25, 0.3) is 0 Å². The van der Waals surface area contributed by atoms with E-state index in [0.717, 1.165) is 12.8 Å². The second-order valence-corrected chi connectivity index (χ2v) is 7.40. The van der Waals surface area contributed by atoms with Gasteiger partial charge < -0.3 is 15.5 Å². The van der Waals surface area contributed by atoms with Gasteiger partial charge in [-0.15, -0.1) is 0 Å². The van der Waals surface area contributed by atoms with Crippen LogP contribution in [0.4, 0.5) is 0 Å². The highest BCUT2D eigenvalue weighted by atomic mass is 32.2. The zero-order chi connectivity index (χ0) is 13.9. The topological polar surface area (TPSA) is 83.7 Å². The van der Waals surface area contributed by atoms with Crippen LogP contribution in [0.5, 0.6) is 0 Å². The number of amides is 1. The van der Waals surface area contributed by atoms with E-state index in [1.807, 2.05) is 7.05 Å². The van der Waals surface area contributed by atoms with Gasteiger partial charge in [-0.2, -0.15) is 0 Å². The highest BCUT2D eigenvalue weighted by Crippen LogP contribution is 2.09. The van der Waals surface area contributed by atoms with Crippen LogP contribution < -0.4 is 5.73 Å². The Balaban J connectivity index is 2.49. The van der Waals surface area contributed by atoms with Crippen LogP contribution in [0.2, 0.25) is 0 Å². The second kappa shape index (κ2) is 5.99. The van der Waals surface area contributed by atoms with Crippen LogP contribution >= 0.6 is 0 Å². The summed E-state index contributed by atoms with van der Waals surface area (Å²) in [5.74, 6) is -0.179. The Hall–Kier alpha value is -0.660. The molecule has 18 heavy (non-hydrogen) atoms. The summed E-state index contributed by atoms with van der Waals surface area (Å²) in [4.78, 5) is 16.0. The molecule has 2 atom stereocenters. The van der Waals surface area contributed by atoms with E-state index in [0.29, 0.717) is 19.1 Å². The average molecular weight is 277 g/mol. The van der Waals surface area contributed by atoms with E-state index in [2.05, 4.69) is 11.8 Å². The number of carbonyl (C=O) groups is 1. The van der Waals surface area contributed by atoms with Gasteiger partial charge in [0.2, 0.25) is 5.91 Å². The van der Waals surface area contributed by atoms with Crippen molar-refractivity contribution in [3.05, 3.63) is 0 Å². The Morgan fingerprint density at radius 3 is 2.56 bits per heavy atom. The number of hydrogen-bond acceptors (Lipinski definition) is 5. The molecule has 1 amide bonds. The van der Waals surface area contributed by atoms with Crippen molar-refractivity contribution in [1.29, 1.82) is 0 Å². The molecule has 0 aromatic carbocycles. The molecular formula is C11H23N3O3S. The van der Waals surface area contributed by atoms with Gasteiger partial charge in [0.25, 0.3) is 0 Å². The first-order chi connectivity index (χ1) is 8.20. The number of nitrogens with two attached hydrogens (primary N) is 1. The van der Waals surface area contributed by atoms with Gasteiger partial charge in [-0.1, -0.05) is 0 Å². The Labute approximate surface area is 109 Å². The van der Waals surface area contributed by atoms with Crippen molar-refractivity contribution in [2.24, 2.45) is 5.73 Å². The van der Waals surface area contributed by atoms with Gasteiger partial charge in [0.1, 0.15) is 9.84 Å². The minimum atomic E-state index is -3.06. The highest BCUT2D eigenvalue weighted by Gasteiger charge is 2.27. The molecule has 2 N–H and O–H groups in total. The summed E-state index contributed by atoms with van der Waals surface area (Å²) >= 11 is 0. The number of nitrogens with zero attached hydrogens (tertiary/aromatic N) is 2. The molecule has 6 nitrogen and oxygen atoms in total. The molecule has 1 rings (SSSR count). The smallest absolute Gasteiger partial charge is 0.239 e. The Kier molecular flexibility index (Phi) is 5.12. The van der Waals surface area contributed by atoms with Crippen molar-refractivity contribution < 1.29 is 13.2 Å². The minimum absolute atomic E-state index is 0.0385. The number of carbonyl (C=O) groups excluding carboxylic acids is 1. The maximum atomic E-state index is 12.1. The van der Waals surface area contributed by atoms with Gasteiger partial charge in [-0.3, -0.25) is 4.79 Å². The van der Waals surface area contributed by atoms with Crippen molar-refractivity contribution in [2.75, 3.05) is 38.7 Å². The Bertz CT molecular complexity index is 396. The summed E-state index contributed by atoms with van der Waals surface area (Å²) in [6, 6.07) is -0.403. The average Bonchev–Trinajstić information content (AvgIpc) is 2.27. The van der Waals surface area contributed by atoms with Gasteiger partial charge in [0, 0.05) is 31.9 Å². The van der Waals surface area contributed by atoms with Crippen molar-refractivity contribution >= 4 is 15.7 Å². The lowest BCUT2D eigenvalue weighted by Gasteiger charge is -2.38. The predicted octanol–water partition coefficient (Wildman–Crippen LogP) is -1.09. The molecule has 0 spiro atoms. The van der Waals surface area contributed by atoms with E-state index in [1.165, 1.54) is 0 Å². The fourth-order valence-electron chi connectivity index (χ4n) is 1.95. The van der Waals surface area contributed by atoms with Crippen molar-refractivity contribution in [3.8, 4) is 0 Å². The lowest BCUT2D eigenvalue weighted by molar-refractivity contribution is -0.135. The molecule has 0 radical (unpaired) electrons. The first-order valence-corrected chi connectivity index (χ1v) is 8.19. The van der Waals surface area contributed by atoms with E-state index < -0.39 is 15.9 Å². The molecule has 1 aliphatic heterocycles. The van der Waals surface area contributed by atoms with Gasteiger partial charge >= 0.3 is 0 Å². The largest absolute Gasteiger partial charge is 0.339 e. The molecule has 0 aromatic rings. The van der Waals surface area contributed by atoms with Crippen LogP contribution in [0, 0.1) is 0 Å². The second-order valence-electron chi connectivity index (χ2n) is 5.14. The molecule has 1 aliphatic rings. The Morgan fingerprint density at radius 1 is 1.44 bits per heavy atom. The maximum absolute atomic E-state index is 12.1. The molecule has 2 unspecified atom stereocenters. The molecule has 0 bridgehead atoms. The van der Waals surface area contributed by atoms with Crippen molar-refractivity contribution in [2.45, 2.75) is 25.4 Å². The van der Waals surface area contributed by atoms with Crippen LogP contribution in [0.1, 0.15) is 13.3 Å². The van der Waals surface area contributed by atoms with Crippen LogP contribution in [-0.2, 0) is 14.6 Å². The van der Waals surface area contributed by atoms with Crippen LogP contribution in [-0.4, -0.2) is 74.9 Å². The molecule has 0 aromatic heterocycles. The normalized spacial score (nSPS) is 24.0. The predicted molar refractivity (Wildman–Crippen MR) is 71.0 cm³/mol. The molecule has 0 aliphatic carbocycles. The third kappa shape index (κ3) is 4.55. The zero-order valence-electron chi connectivity index (χ0n) is 11.3. The lowest BCUT2D eigenvalue weighted by atomic mass is 10.1. The third-order valence-corrected chi connectivity index (χ3v) is 4.37. The molecule has 106 valence electrons. The molecule has 1 saturated heterocycles. The maximum Gasteiger partial charge on any atom is 0.239 e. The van der Waals surface area contributed by atoms with Gasteiger partial charge in [0.05, 0.1) is 11.8 Å². The van der Waals surface area contributed by atoms with E-state index in [9.17, 15) is 13.2 Å². The van der Waals surface area contributed by atoms with Crippen LogP contribution in [0.3, 0.4) is 0 Å². The highest BCUT2D eigenvalue weighted by molar-refractivity contribution is 7.90. The Morgan fingerprint density at radius 2 is 2.06 bits per heavy atom. The first kappa shape index (κ1) is 15.4. The van der Waals surface area contributed by atoms with Crippen molar-refractivity contribution in [1.82, 2.24) is 9.80 Å². The molecular weight excluding hydrogens is 254 g/mol. The molecule has 1 heterocycles. The molecule has 7 heteroatoms. The van der Waals surface area contributed by atoms with Gasteiger partial charge in [0.15, 0.2) is 0 Å². The quantitative estimate of drug-likeness (QED) is 0.706. The third-order valence-electron chi connectivity index (χ3n) is 3.39. The number of hydrogen-bond donors (Lipinski definition) is 1. The fraction of sp³-hybridized carbons (Fsp3) is 0.909. The van der Waals surface area contributed by atoms with E-state index in [4.69, 9.17) is 5.73 Å². The number of piperazine rings is 1. The van der Waals surface area contributed by atoms with Gasteiger partial charge in [-0.05, 0) is 20.4 Å². The summed E-state index contributed by atoms with van der Waals surface area (Å²) in [6.07, 6.45) is 1.35. The SMILES string of the molecule is CC1CN(C(=O)C(N)CCS(C)(=O)=O)CCN1C. The summed E-state index contributed by atoms with van der Waals surface area (Å²) < 4.78 is 22.1. The minimum Gasteiger partial charge on any atom is -0.339 e. The summed E-state index contributed by atoms with van der Waals surface area (Å²) in [6.45, 7) is 4.20.